The average molecular weight is 2050 g/mol. The Labute approximate surface area is 709 Å². The maximum Gasteiger partial charge on any atom is 2.00 e. The molecule has 0 atom stereocenters. The van der Waals surface area contributed by atoms with E-state index in [9.17, 15) is 101 Å². The summed E-state index contributed by atoms with van der Waals surface area (Å²) in [6.07, 6.45) is 21.4. The third-order valence-corrected chi connectivity index (χ3v) is 15.0. The maximum absolute atomic E-state index is 10.7. The number of nitrogens with zero attached hydrogens (tertiary/aromatic N) is 16. The van der Waals surface area contributed by atoms with Crippen LogP contribution in [0.5, 0.6) is 0 Å². The summed E-state index contributed by atoms with van der Waals surface area (Å²) in [5.41, 5.74) is 4.09. The summed E-state index contributed by atoms with van der Waals surface area (Å²) in [6.45, 7) is 6.79. The minimum absolute atomic E-state index is 0. The molecular weight excluding hydrogens is 1990 g/mol. The molecule has 12 heterocycles. The van der Waals surface area contributed by atoms with Crippen LogP contribution < -0.4 is 0 Å². The predicted octanol–water partition coefficient (Wildman–Crippen LogP) is 30.0. The molecule has 0 aliphatic heterocycles. The molecule has 0 bridgehead atoms. The molecule has 12 aromatic rings. The normalized spacial score (nSPS) is 12.6. The van der Waals surface area contributed by atoms with Crippen LogP contribution in [0.1, 0.15) is 36.6 Å². The minimum atomic E-state index is -10.7. The zero-order valence-electron chi connectivity index (χ0n) is 60.0. The second-order valence-electron chi connectivity index (χ2n) is 20.2. The summed E-state index contributed by atoms with van der Waals surface area (Å²) in [5.74, 6) is 1.62. The van der Waals surface area contributed by atoms with Crippen molar-refractivity contribution in [3.63, 3.8) is 0 Å². The van der Waals surface area contributed by atoms with Gasteiger partial charge in [-0.25, -0.2) is 59.8 Å². The molecule has 644 valence electrons. The molecule has 0 amide bonds. The second-order valence-corrected chi connectivity index (χ2v) is 33.9. The molecule has 0 unspecified atom stereocenters. The standard InChI is InChI=1S/2C11H11N3S.4C10H8N2S.2C2H3N.4F6P.2Ru/c2*1-9-5-7-13-11(14-9)15-8-10-4-2-3-6-12-10;4*1-3-7-11-9(5-1)13-10-6-2-4-8-12-10;2*1-2-3;4*1-7(2,3,4,5)6;;/h2*2-7H,8H2,1H3;4*1-8H;2*1H3;;;;;;/q;;;;;;;;4*-1;2*+2. The number of hydrogen-bond acceptors (Lipinski definition) is 22. The van der Waals surface area contributed by atoms with Crippen molar-refractivity contribution in [2.24, 2.45) is 0 Å². The molecule has 0 N–H and O–H groups in total. The van der Waals surface area contributed by atoms with Gasteiger partial charge in [-0.3, -0.25) is 9.97 Å². The smallest absolute Gasteiger partial charge is 0.250 e. The van der Waals surface area contributed by atoms with Crippen molar-refractivity contribution in [3.05, 3.63) is 291 Å². The number of aryl methyl sites for hydroxylation is 2. The first-order chi connectivity index (χ1) is 53.1. The van der Waals surface area contributed by atoms with Gasteiger partial charge in [0.15, 0.2) is 10.3 Å². The first-order valence-corrected chi connectivity index (χ1v) is 44.0. The molecule has 0 aromatic carbocycles. The van der Waals surface area contributed by atoms with Gasteiger partial charge in [0.1, 0.15) is 40.2 Å². The molecule has 0 saturated carbocycles. The molecule has 52 heteroatoms. The Kier molecular flexibility index (Phi) is 46.0. The third kappa shape index (κ3) is 88.8. The minimum Gasteiger partial charge on any atom is -0.250 e. The molecule has 118 heavy (non-hydrogen) atoms. The Morgan fingerprint density at radius 2 is 0.398 bits per heavy atom. The molecule has 0 saturated heterocycles. The Morgan fingerprint density at radius 1 is 0.246 bits per heavy atom. The Morgan fingerprint density at radius 3 is 0.525 bits per heavy atom. The third-order valence-electron chi connectivity index (χ3n) is 9.63. The van der Waals surface area contributed by atoms with E-state index in [1.54, 1.807) is 157 Å². The van der Waals surface area contributed by atoms with Crippen molar-refractivity contribution in [1.82, 2.24) is 69.8 Å². The predicted molar refractivity (Wildman–Crippen MR) is 408 cm³/mol. The summed E-state index contributed by atoms with van der Waals surface area (Å²) >= 11 is 9.47. The van der Waals surface area contributed by atoms with Crippen molar-refractivity contribution in [3.8, 4) is 12.1 Å². The van der Waals surface area contributed by atoms with Gasteiger partial charge < -0.3 is 0 Å². The van der Waals surface area contributed by atoms with E-state index in [2.05, 4.69) is 69.8 Å². The van der Waals surface area contributed by atoms with Gasteiger partial charge in [-0.2, -0.15) is 10.5 Å². The molecule has 0 fully saturated rings. The second kappa shape index (κ2) is 48.5. The first-order valence-electron chi connectivity index (χ1n) is 30.6. The van der Waals surface area contributed by atoms with Crippen molar-refractivity contribution >= 4 is 102 Å². The van der Waals surface area contributed by atoms with Crippen molar-refractivity contribution in [2.45, 2.75) is 89.7 Å². The van der Waals surface area contributed by atoms with Gasteiger partial charge in [-0.1, -0.05) is 131 Å². The molecular formula is C66H60F24N16P4Ru2S6. The van der Waals surface area contributed by atoms with Gasteiger partial charge in [0, 0.05) is 111 Å². The van der Waals surface area contributed by atoms with Crippen LogP contribution in [0.25, 0.3) is 0 Å². The Bertz CT molecular complexity index is 4120. The summed E-state index contributed by atoms with van der Waals surface area (Å²) in [6, 6.07) is 65.9. The van der Waals surface area contributed by atoms with Crippen molar-refractivity contribution in [1.29, 1.82) is 10.5 Å². The van der Waals surface area contributed by atoms with Crippen LogP contribution in [0.4, 0.5) is 101 Å². The SMILES string of the molecule is CC#N.CC#N.Cc1ccnc(SCc2ccccn2)n1.Cc1ccnc(SCc2ccccn2)n1.F[P-](F)(F)(F)(F)F.F[P-](F)(F)(F)(F)F.F[P-](F)(F)(F)(F)F.F[P-](F)(F)(F)(F)F.[Ru+2].[Ru+2].c1ccc(Sc2ccccn2)nc1.c1ccc(Sc2ccccn2)nc1.c1ccc(Sc2ccccn2)nc1.c1ccc(Sc2ccccn2)nc1. The summed E-state index contributed by atoms with van der Waals surface area (Å²) < 4.78 is 237. The van der Waals surface area contributed by atoms with Gasteiger partial charge in [-0.15, -0.1) is 0 Å². The van der Waals surface area contributed by atoms with E-state index in [1.165, 1.54) is 13.8 Å². The topological polar surface area (TPSA) is 228 Å². The van der Waals surface area contributed by atoms with Crippen molar-refractivity contribution < 1.29 is 140 Å². The molecule has 0 radical (unpaired) electrons. The molecule has 12 rings (SSSR count). The van der Waals surface area contributed by atoms with Crippen molar-refractivity contribution in [2.75, 3.05) is 0 Å². The quantitative estimate of drug-likeness (QED) is 0.0324. The van der Waals surface area contributed by atoms with Gasteiger partial charge in [0.25, 0.3) is 0 Å². The summed E-state index contributed by atoms with van der Waals surface area (Å²) in [7, 11) is -42.6. The van der Waals surface area contributed by atoms with Crippen LogP contribution in [-0.2, 0) is 50.5 Å². The number of hydrogen-bond donors (Lipinski definition) is 0. The van der Waals surface area contributed by atoms with Gasteiger partial charge >= 0.3 is 171 Å². The molecule has 12 aromatic heterocycles. The number of nitriles is 2. The fraction of sp³-hybridized carbons (Fsp3) is 0.0909. The van der Waals surface area contributed by atoms with Crippen LogP contribution in [0, 0.1) is 36.5 Å². The van der Waals surface area contributed by atoms with Gasteiger partial charge in [-0.05, 0) is 147 Å². The molecule has 0 aliphatic rings. The summed E-state index contributed by atoms with van der Waals surface area (Å²) in [4.78, 5) is 59.0. The zero-order chi connectivity index (χ0) is 87.8. The zero-order valence-corrected chi connectivity index (χ0v) is 71.9. The van der Waals surface area contributed by atoms with Crippen LogP contribution in [0.2, 0.25) is 0 Å². The fourth-order valence-corrected chi connectivity index (χ4v) is 10.4. The Balaban J connectivity index is 0. The fourth-order valence-electron chi connectivity index (χ4n) is 5.92. The molecule has 0 spiro atoms. The van der Waals surface area contributed by atoms with E-state index in [-0.39, 0.29) is 39.0 Å². The van der Waals surface area contributed by atoms with Gasteiger partial charge in [0.05, 0.1) is 23.5 Å². The largest absolute Gasteiger partial charge is 2.00 e. The van der Waals surface area contributed by atoms with E-state index in [1.807, 2.05) is 208 Å². The van der Waals surface area contributed by atoms with Crippen LogP contribution in [0.3, 0.4) is 0 Å². The number of rotatable bonds is 14. The summed E-state index contributed by atoms with van der Waals surface area (Å²) in [5, 5.41) is 24.0. The van der Waals surface area contributed by atoms with E-state index >= 15 is 0 Å². The maximum atomic E-state index is 9.87. The average Bonchev–Trinajstić information content (AvgIpc) is 0.805. The van der Waals surface area contributed by atoms with Crippen LogP contribution >= 0.6 is 102 Å². The monoisotopic (exact) mass is 2050 g/mol. The molecule has 0 aliphatic carbocycles. The van der Waals surface area contributed by atoms with Crippen LogP contribution in [0.15, 0.2) is 319 Å². The van der Waals surface area contributed by atoms with Crippen LogP contribution in [-0.4, -0.2) is 69.8 Å². The van der Waals surface area contributed by atoms with E-state index in [0.29, 0.717) is 0 Å². The van der Waals surface area contributed by atoms with E-state index in [0.717, 1.165) is 84.8 Å². The number of thioether (sulfide) groups is 2. The number of halogens is 24. The van der Waals surface area contributed by atoms with Gasteiger partial charge in [0.2, 0.25) is 0 Å². The molecule has 16 nitrogen and oxygen atoms in total. The first kappa shape index (κ1) is 112. The Hall–Kier alpha value is -7.97. The number of aromatic nitrogens is 14. The van der Waals surface area contributed by atoms with E-state index in [4.69, 9.17) is 10.5 Å². The van der Waals surface area contributed by atoms with E-state index < -0.39 is 31.2 Å². The number of pyridine rings is 10.